The summed E-state index contributed by atoms with van der Waals surface area (Å²) in [5.41, 5.74) is 3.28. The number of amides is 3. The fourth-order valence-electron chi connectivity index (χ4n) is 4.78. The maximum atomic E-state index is 12.9. The molecule has 9 heteroatoms. The number of carbonyl (C=O) groups is 4. The number of alkyl carbamates (subject to hydrolysis) is 1. The van der Waals surface area contributed by atoms with Gasteiger partial charge in [-0.25, -0.2) is 4.79 Å². The number of ether oxygens (including phenoxy) is 1. The molecule has 0 unspecified atom stereocenters. The van der Waals surface area contributed by atoms with Gasteiger partial charge >= 0.3 is 12.1 Å². The summed E-state index contributed by atoms with van der Waals surface area (Å²) < 4.78 is 5.59. The van der Waals surface area contributed by atoms with Crippen molar-refractivity contribution in [3.8, 4) is 11.1 Å². The number of hydrogen-bond donors (Lipinski definition) is 4. The zero-order chi connectivity index (χ0) is 24.1. The van der Waals surface area contributed by atoms with Gasteiger partial charge < -0.3 is 25.8 Å². The maximum absolute atomic E-state index is 12.9. The lowest BCUT2D eigenvalue weighted by molar-refractivity contribution is -0.137. The van der Waals surface area contributed by atoms with Gasteiger partial charge in [0.15, 0.2) is 0 Å². The molecule has 1 saturated carbocycles. The van der Waals surface area contributed by atoms with Crippen LogP contribution in [0.4, 0.5) is 4.79 Å². The monoisotopic (exact) mass is 465 g/mol. The van der Waals surface area contributed by atoms with Crippen LogP contribution in [-0.4, -0.2) is 54.2 Å². The molecule has 0 aromatic heterocycles. The molecule has 1 fully saturated rings. The van der Waals surface area contributed by atoms with E-state index in [9.17, 15) is 19.2 Å². The third kappa shape index (κ3) is 4.88. The normalized spacial score (nSPS) is 15.6. The molecule has 2 aromatic carbocycles. The maximum Gasteiger partial charge on any atom is 0.408 e. The minimum absolute atomic E-state index is 0.0931. The van der Waals surface area contributed by atoms with Crippen LogP contribution in [0.5, 0.6) is 0 Å². The fraction of sp³-hybridized carbons (Fsp3) is 0.360. The highest BCUT2D eigenvalue weighted by Crippen LogP contribution is 2.44. The fourth-order valence-corrected chi connectivity index (χ4v) is 4.78. The van der Waals surface area contributed by atoms with E-state index in [1.54, 1.807) is 0 Å². The number of benzene rings is 2. The molecule has 0 heterocycles. The van der Waals surface area contributed by atoms with Crippen molar-refractivity contribution < 1.29 is 29.0 Å². The van der Waals surface area contributed by atoms with Crippen molar-refractivity contribution in [2.75, 3.05) is 19.7 Å². The zero-order valence-corrected chi connectivity index (χ0v) is 18.6. The summed E-state index contributed by atoms with van der Waals surface area (Å²) in [5, 5.41) is 16.1. The van der Waals surface area contributed by atoms with E-state index in [-0.39, 0.29) is 19.1 Å². The van der Waals surface area contributed by atoms with E-state index >= 15 is 0 Å². The number of aliphatic carboxylic acids is 1. The van der Waals surface area contributed by atoms with E-state index < -0.39 is 36.0 Å². The second kappa shape index (κ2) is 9.94. The zero-order valence-electron chi connectivity index (χ0n) is 18.6. The molecule has 0 radical (unpaired) electrons. The number of carbonyl (C=O) groups excluding carboxylic acids is 3. The van der Waals surface area contributed by atoms with Crippen molar-refractivity contribution in [2.24, 2.45) is 0 Å². The predicted molar refractivity (Wildman–Crippen MR) is 123 cm³/mol. The van der Waals surface area contributed by atoms with E-state index in [0.29, 0.717) is 12.8 Å². The Morgan fingerprint density at radius 1 is 0.882 bits per heavy atom. The lowest BCUT2D eigenvalue weighted by Gasteiger charge is -2.28. The van der Waals surface area contributed by atoms with Crippen LogP contribution in [0, 0.1) is 0 Å². The van der Waals surface area contributed by atoms with Crippen molar-refractivity contribution >= 4 is 23.9 Å². The van der Waals surface area contributed by atoms with Crippen LogP contribution < -0.4 is 16.0 Å². The van der Waals surface area contributed by atoms with Crippen LogP contribution in [0.1, 0.15) is 42.7 Å². The van der Waals surface area contributed by atoms with Gasteiger partial charge in [0, 0.05) is 5.92 Å². The summed E-state index contributed by atoms with van der Waals surface area (Å²) in [7, 11) is 0. The van der Waals surface area contributed by atoms with Gasteiger partial charge in [0.1, 0.15) is 18.7 Å². The minimum atomic E-state index is -1.18. The summed E-state index contributed by atoms with van der Waals surface area (Å²) >= 11 is 0. The lowest BCUT2D eigenvalue weighted by Crippen LogP contribution is -2.58. The van der Waals surface area contributed by atoms with Gasteiger partial charge in [-0.15, -0.1) is 0 Å². The number of carboxylic acid groups (broad SMARTS) is 1. The average Bonchev–Trinajstić information content (AvgIpc) is 3.43. The highest BCUT2D eigenvalue weighted by Gasteiger charge is 2.43. The highest BCUT2D eigenvalue weighted by molar-refractivity contribution is 5.93. The number of nitrogens with one attached hydrogen (secondary N) is 3. The standard InChI is InChI=1S/C25H27N3O6/c29-21(26-14-22(30)31)13-27-23(32)25(11-5-6-12-25)28-24(33)34-15-20-18-9-3-1-7-16(18)17-8-2-4-10-19(17)20/h1-4,7-10,20H,5-6,11-15H2,(H,26,29)(H,27,32)(H,28,33)(H,30,31). The van der Waals surface area contributed by atoms with Crippen LogP contribution >= 0.6 is 0 Å². The van der Waals surface area contributed by atoms with E-state index in [1.807, 2.05) is 36.4 Å². The Bertz CT molecular complexity index is 1060. The third-order valence-electron chi connectivity index (χ3n) is 6.42. The predicted octanol–water partition coefficient (Wildman–Crippen LogP) is 2.15. The lowest BCUT2D eigenvalue weighted by atomic mass is 9.96. The number of carboxylic acids is 1. The third-order valence-corrected chi connectivity index (χ3v) is 6.42. The molecule has 3 amide bonds. The molecule has 9 nitrogen and oxygen atoms in total. The first kappa shape index (κ1) is 23.3. The molecule has 0 saturated heterocycles. The first-order valence-corrected chi connectivity index (χ1v) is 11.3. The molecule has 178 valence electrons. The first-order valence-electron chi connectivity index (χ1n) is 11.3. The molecule has 2 aliphatic carbocycles. The number of rotatable bonds is 8. The van der Waals surface area contributed by atoms with Crippen molar-refractivity contribution in [2.45, 2.75) is 37.1 Å². The molecule has 2 aromatic rings. The van der Waals surface area contributed by atoms with Crippen molar-refractivity contribution in [3.05, 3.63) is 59.7 Å². The van der Waals surface area contributed by atoms with Crippen molar-refractivity contribution in [1.82, 2.24) is 16.0 Å². The van der Waals surface area contributed by atoms with Crippen LogP contribution in [0.3, 0.4) is 0 Å². The molecule has 0 aliphatic heterocycles. The molecule has 2 aliphatic rings. The topological polar surface area (TPSA) is 134 Å². The molecular formula is C25H27N3O6. The van der Waals surface area contributed by atoms with Crippen LogP contribution in [0.15, 0.2) is 48.5 Å². The second-order valence-electron chi connectivity index (χ2n) is 8.59. The first-order chi connectivity index (χ1) is 16.4. The quantitative estimate of drug-likeness (QED) is 0.472. The Morgan fingerprint density at radius 3 is 2.06 bits per heavy atom. The molecule has 0 bridgehead atoms. The van der Waals surface area contributed by atoms with E-state index in [2.05, 4.69) is 28.1 Å². The summed E-state index contributed by atoms with van der Waals surface area (Å²) in [5.74, 6) is -2.37. The van der Waals surface area contributed by atoms with Crippen LogP contribution in [0.2, 0.25) is 0 Å². The van der Waals surface area contributed by atoms with Gasteiger partial charge in [0.05, 0.1) is 6.54 Å². The Labute approximate surface area is 196 Å². The highest BCUT2D eigenvalue weighted by atomic mass is 16.5. The second-order valence-corrected chi connectivity index (χ2v) is 8.59. The number of fused-ring (bicyclic) bond motifs is 3. The van der Waals surface area contributed by atoms with E-state index in [4.69, 9.17) is 9.84 Å². The van der Waals surface area contributed by atoms with E-state index in [0.717, 1.165) is 35.1 Å². The van der Waals surface area contributed by atoms with Crippen LogP contribution in [0.25, 0.3) is 11.1 Å². The molecular weight excluding hydrogens is 438 g/mol. The largest absolute Gasteiger partial charge is 0.480 e. The van der Waals surface area contributed by atoms with Crippen LogP contribution in [-0.2, 0) is 19.1 Å². The van der Waals surface area contributed by atoms with Gasteiger partial charge in [-0.2, -0.15) is 0 Å². The summed E-state index contributed by atoms with van der Waals surface area (Å²) in [6.45, 7) is -0.771. The van der Waals surface area contributed by atoms with E-state index in [1.165, 1.54) is 0 Å². The Balaban J connectivity index is 1.37. The molecule has 0 spiro atoms. The van der Waals surface area contributed by atoms with Gasteiger partial charge in [0.2, 0.25) is 11.8 Å². The van der Waals surface area contributed by atoms with Crippen molar-refractivity contribution in [1.29, 1.82) is 0 Å². The van der Waals surface area contributed by atoms with Gasteiger partial charge in [-0.3, -0.25) is 14.4 Å². The Kier molecular flexibility index (Phi) is 6.81. The minimum Gasteiger partial charge on any atom is -0.480 e. The smallest absolute Gasteiger partial charge is 0.408 e. The van der Waals surface area contributed by atoms with Gasteiger partial charge in [-0.1, -0.05) is 61.4 Å². The Morgan fingerprint density at radius 2 is 1.47 bits per heavy atom. The number of hydrogen-bond acceptors (Lipinski definition) is 5. The molecule has 34 heavy (non-hydrogen) atoms. The molecule has 0 atom stereocenters. The average molecular weight is 466 g/mol. The molecule has 4 N–H and O–H groups in total. The molecule has 4 rings (SSSR count). The summed E-state index contributed by atoms with van der Waals surface area (Å²) in [4.78, 5) is 47.9. The summed E-state index contributed by atoms with van der Waals surface area (Å²) in [6.07, 6.45) is 1.68. The van der Waals surface area contributed by atoms with Gasteiger partial charge in [-0.05, 0) is 35.1 Å². The van der Waals surface area contributed by atoms with Crippen molar-refractivity contribution in [3.63, 3.8) is 0 Å². The van der Waals surface area contributed by atoms with Gasteiger partial charge in [0.25, 0.3) is 0 Å². The Hall–Kier alpha value is -3.88. The SMILES string of the molecule is O=C(O)CNC(=O)CNC(=O)C1(NC(=O)OCC2c3ccccc3-c3ccccc32)CCCC1. The summed E-state index contributed by atoms with van der Waals surface area (Å²) in [6, 6.07) is 16.1.